The highest BCUT2D eigenvalue weighted by molar-refractivity contribution is 6.35. The Morgan fingerprint density at radius 3 is 3.00 bits per heavy atom. The molecule has 56 valence electrons. The van der Waals surface area contributed by atoms with Crippen LogP contribution in [0.4, 0.5) is 4.39 Å². The molecule has 0 saturated carbocycles. The molecular weight excluding hydrogens is 165 g/mol. The van der Waals surface area contributed by atoms with E-state index in [1.54, 1.807) is 12.3 Å². The maximum atomic E-state index is 12.7. The fourth-order valence-electron chi connectivity index (χ4n) is 1.09. The molecule has 0 atom stereocenters. The zero-order valence-corrected chi connectivity index (χ0v) is 6.32. The number of aromatic amines is 1. The molecule has 2 aromatic rings. The summed E-state index contributed by atoms with van der Waals surface area (Å²) < 4.78 is 12.7. The van der Waals surface area contributed by atoms with Crippen molar-refractivity contribution < 1.29 is 4.39 Å². The summed E-state index contributed by atoms with van der Waals surface area (Å²) in [5, 5.41) is 1.22. The molecule has 0 unspecified atom stereocenters. The first-order chi connectivity index (χ1) is 5.27. The zero-order chi connectivity index (χ0) is 7.84. The van der Waals surface area contributed by atoms with E-state index in [9.17, 15) is 4.39 Å². The molecule has 11 heavy (non-hydrogen) atoms. The predicted molar refractivity (Wildman–Crippen MR) is 43.3 cm³/mol. The van der Waals surface area contributed by atoms with Gasteiger partial charge in [0.05, 0.1) is 10.5 Å². The molecule has 0 amide bonds. The standard InChI is InChI=1S/C8H5ClFN/c9-7-4-6(10)3-5-1-2-11-8(5)7/h1-4,11H. The van der Waals surface area contributed by atoms with Gasteiger partial charge >= 0.3 is 0 Å². The summed E-state index contributed by atoms with van der Waals surface area (Å²) in [5.74, 6) is -0.304. The monoisotopic (exact) mass is 169 g/mol. The normalized spacial score (nSPS) is 10.7. The van der Waals surface area contributed by atoms with Crippen molar-refractivity contribution in [3.63, 3.8) is 0 Å². The van der Waals surface area contributed by atoms with Crippen LogP contribution in [0.5, 0.6) is 0 Å². The van der Waals surface area contributed by atoms with Gasteiger partial charge in [0.15, 0.2) is 0 Å². The van der Waals surface area contributed by atoms with Crippen molar-refractivity contribution in [3.8, 4) is 0 Å². The van der Waals surface area contributed by atoms with E-state index in [-0.39, 0.29) is 5.82 Å². The lowest BCUT2D eigenvalue weighted by Crippen LogP contribution is -1.74. The summed E-state index contributed by atoms with van der Waals surface area (Å²) in [7, 11) is 0. The third-order valence-electron chi connectivity index (χ3n) is 1.58. The molecule has 0 aliphatic carbocycles. The molecule has 2 rings (SSSR count). The molecule has 3 heteroatoms. The highest BCUT2D eigenvalue weighted by Gasteiger charge is 2.01. The first kappa shape index (κ1) is 6.68. The molecular formula is C8H5ClFN. The number of H-pyrrole nitrogens is 1. The summed E-state index contributed by atoms with van der Waals surface area (Å²) in [4.78, 5) is 2.92. The fraction of sp³-hybridized carbons (Fsp3) is 0. The Bertz CT molecular complexity index is 394. The van der Waals surface area contributed by atoms with Gasteiger partial charge in [-0.1, -0.05) is 11.6 Å². The largest absolute Gasteiger partial charge is 0.360 e. The Morgan fingerprint density at radius 2 is 2.18 bits per heavy atom. The SMILES string of the molecule is Fc1cc(Cl)c2[nH]ccc2c1. The van der Waals surface area contributed by atoms with Crippen molar-refractivity contribution >= 4 is 22.5 Å². The van der Waals surface area contributed by atoms with Crippen LogP contribution < -0.4 is 0 Å². The van der Waals surface area contributed by atoms with Gasteiger partial charge in [-0.2, -0.15) is 0 Å². The number of aromatic nitrogens is 1. The number of hydrogen-bond acceptors (Lipinski definition) is 0. The van der Waals surface area contributed by atoms with Gasteiger partial charge < -0.3 is 4.98 Å². The predicted octanol–water partition coefficient (Wildman–Crippen LogP) is 2.96. The quantitative estimate of drug-likeness (QED) is 0.624. The highest BCUT2D eigenvalue weighted by Crippen LogP contribution is 2.22. The van der Waals surface area contributed by atoms with Crippen molar-refractivity contribution in [1.82, 2.24) is 4.98 Å². The molecule has 0 fully saturated rings. The number of hydrogen-bond donors (Lipinski definition) is 1. The van der Waals surface area contributed by atoms with Gasteiger partial charge in [-0.05, 0) is 18.2 Å². The summed E-state index contributed by atoms with van der Waals surface area (Å²) in [6.45, 7) is 0. The average molecular weight is 170 g/mol. The summed E-state index contributed by atoms with van der Waals surface area (Å²) in [5.41, 5.74) is 0.785. The van der Waals surface area contributed by atoms with Gasteiger partial charge in [0.2, 0.25) is 0 Å². The smallest absolute Gasteiger partial charge is 0.125 e. The number of benzene rings is 1. The summed E-state index contributed by atoms with van der Waals surface area (Å²) in [6.07, 6.45) is 1.73. The Morgan fingerprint density at radius 1 is 1.36 bits per heavy atom. The van der Waals surface area contributed by atoms with Gasteiger partial charge in [0.1, 0.15) is 5.82 Å². The van der Waals surface area contributed by atoms with E-state index < -0.39 is 0 Å². The molecule has 1 aromatic heterocycles. The summed E-state index contributed by atoms with van der Waals surface area (Å²) >= 11 is 5.73. The number of fused-ring (bicyclic) bond motifs is 1. The molecule has 1 aromatic carbocycles. The Kier molecular flexibility index (Phi) is 1.36. The van der Waals surface area contributed by atoms with E-state index in [1.807, 2.05) is 0 Å². The topological polar surface area (TPSA) is 15.8 Å². The minimum atomic E-state index is -0.304. The minimum absolute atomic E-state index is 0.304. The molecule has 0 saturated heterocycles. The second-order valence-electron chi connectivity index (χ2n) is 2.33. The van der Waals surface area contributed by atoms with E-state index in [0.29, 0.717) is 5.02 Å². The minimum Gasteiger partial charge on any atom is -0.360 e. The van der Waals surface area contributed by atoms with Crippen LogP contribution in [0, 0.1) is 5.82 Å². The molecule has 1 N–H and O–H groups in total. The van der Waals surface area contributed by atoms with Gasteiger partial charge in [-0.25, -0.2) is 4.39 Å². The molecule has 1 heterocycles. The van der Waals surface area contributed by atoms with Crippen LogP contribution >= 0.6 is 11.6 Å². The van der Waals surface area contributed by atoms with Gasteiger partial charge in [0.25, 0.3) is 0 Å². The number of halogens is 2. The number of rotatable bonds is 0. The molecule has 1 nitrogen and oxygen atoms in total. The maximum Gasteiger partial charge on any atom is 0.125 e. The second-order valence-corrected chi connectivity index (χ2v) is 2.74. The van der Waals surface area contributed by atoms with Crippen molar-refractivity contribution in [3.05, 3.63) is 35.2 Å². The lowest BCUT2D eigenvalue weighted by Gasteiger charge is -1.93. The molecule has 0 bridgehead atoms. The van der Waals surface area contributed by atoms with Gasteiger partial charge in [-0.3, -0.25) is 0 Å². The van der Waals surface area contributed by atoms with Crippen LogP contribution in [-0.4, -0.2) is 4.98 Å². The Labute approximate surface area is 67.8 Å². The molecule has 0 aliphatic heterocycles. The van der Waals surface area contributed by atoms with E-state index in [4.69, 9.17) is 11.6 Å². The first-order valence-corrected chi connectivity index (χ1v) is 3.57. The molecule has 0 radical (unpaired) electrons. The van der Waals surface area contributed by atoms with Crippen LogP contribution in [0.3, 0.4) is 0 Å². The maximum absolute atomic E-state index is 12.7. The van der Waals surface area contributed by atoms with Crippen LogP contribution in [0.15, 0.2) is 24.4 Å². The highest BCUT2D eigenvalue weighted by atomic mass is 35.5. The van der Waals surface area contributed by atoms with Crippen molar-refractivity contribution in [2.75, 3.05) is 0 Å². The van der Waals surface area contributed by atoms with E-state index in [2.05, 4.69) is 4.98 Å². The second kappa shape index (κ2) is 2.24. The number of nitrogens with one attached hydrogen (secondary N) is 1. The van der Waals surface area contributed by atoms with Crippen LogP contribution in [0.2, 0.25) is 5.02 Å². The molecule has 0 aliphatic rings. The third kappa shape index (κ3) is 0.994. The van der Waals surface area contributed by atoms with Gasteiger partial charge in [0, 0.05) is 11.6 Å². The zero-order valence-electron chi connectivity index (χ0n) is 5.57. The van der Waals surface area contributed by atoms with E-state index in [0.717, 1.165) is 10.9 Å². The molecule has 0 spiro atoms. The van der Waals surface area contributed by atoms with E-state index >= 15 is 0 Å². The van der Waals surface area contributed by atoms with Crippen molar-refractivity contribution in [1.29, 1.82) is 0 Å². The first-order valence-electron chi connectivity index (χ1n) is 3.19. The lowest BCUT2D eigenvalue weighted by atomic mass is 10.2. The Balaban J connectivity index is 2.91. The Hall–Kier alpha value is -1.02. The average Bonchev–Trinajstić information content (AvgIpc) is 2.34. The summed E-state index contributed by atoms with van der Waals surface area (Å²) in [6, 6.07) is 4.52. The van der Waals surface area contributed by atoms with E-state index in [1.165, 1.54) is 12.1 Å². The van der Waals surface area contributed by atoms with Crippen molar-refractivity contribution in [2.45, 2.75) is 0 Å². The lowest BCUT2D eigenvalue weighted by molar-refractivity contribution is 0.630. The fourth-order valence-corrected chi connectivity index (χ4v) is 1.36. The van der Waals surface area contributed by atoms with Crippen LogP contribution in [-0.2, 0) is 0 Å². The third-order valence-corrected chi connectivity index (χ3v) is 1.87. The van der Waals surface area contributed by atoms with Crippen LogP contribution in [0.25, 0.3) is 10.9 Å². The van der Waals surface area contributed by atoms with Gasteiger partial charge in [-0.15, -0.1) is 0 Å². The van der Waals surface area contributed by atoms with Crippen molar-refractivity contribution in [2.24, 2.45) is 0 Å². The van der Waals surface area contributed by atoms with Crippen LogP contribution in [0.1, 0.15) is 0 Å².